The van der Waals surface area contributed by atoms with Crippen molar-refractivity contribution in [2.45, 2.75) is 19.4 Å². The van der Waals surface area contributed by atoms with Gasteiger partial charge in [-0.25, -0.2) is 4.52 Å². The highest BCUT2D eigenvalue weighted by molar-refractivity contribution is 6.33. The predicted molar refractivity (Wildman–Crippen MR) is 129 cm³/mol. The number of para-hydroxylation sites is 1. The molecule has 2 atom stereocenters. The Hall–Kier alpha value is -3.92. The Bertz CT molecular complexity index is 1510. The van der Waals surface area contributed by atoms with Crippen LogP contribution in [0.15, 0.2) is 47.4 Å². The van der Waals surface area contributed by atoms with E-state index < -0.39 is 0 Å². The fourth-order valence-electron chi connectivity index (χ4n) is 4.88. The molecular weight excluding hydrogens is 456 g/mol. The van der Waals surface area contributed by atoms with E-state index >= 15 is 0 Å². The van der Waals surface area contributed by atoms with Gasteiger partial charge >= 0.3 is 0 Å². The smallest absolute Gasteiger partial charge is 0.284 e. The van der Waals surface area contributed by atoms with Gasteiger partial charge in [-0.05, 0) is 24.6 Å². The minimum atomic E-state index is -0.310. The van der Waals surface area contributed by atoms with Crippen molar-refractivity contribution in [3.05, 3.63) is 69.4 Å². The van der Waals surface area contributed by atoms with Crippen molar-refractivity contribution in [2.24, 2.45) is 5.92 Å². The number of anilines is 3. The van der Waals surface area contributed by atoms with Gasteiger partial charge in [0.1, 0.15) is 22.7 Å². The molecule has 11 heteroatoms. The van der Waals surface area contributed by atoms with Gasteiger partial charge < -0.3 is 16.0 Å². The average molecular weight is 477 g/mol. The summed E-state index contributed by atoms with van der Waals surface area (Å²) in [5.41, 5.74) is 7.12. The van der Waals surface area contributed by atoms with E-state index in [1.807, 2.05) is 35.2 Å². The van der Waals surface area contributed by atoms with Crippen LogP contribution in [0.4, 0.5) is 17.6 Å². The Kier molecular flexibility index (Phi) is 4.59. The third kappa shape index (κ3) is 2.91. The van der Waals surface area contributed by atoms with Crippen LogP contribution in [0.3, 0.4) is 0 Å². The van der Waals surface area contributed by atoms with Gasteiger partial charge in [0.25, 0.3) is 5.56 Å². The highest BCUT2D eigenvalue weighted by atomic mass is 35.5. The summed E-state index contributed by atoms with van der Waals surface area (Å²) >= 11 is 6.34. The molecule has 0 spiro atoms. The van der Waals surface area contributed by atoms with E-state index in [1.165, 1.54) is 4.52 Å². The zero-order chi connectivity index (χ0) is 23.6. The molecule has 0 saturated carbocycles. The fraction of sp³-hybridized carbons (Fsp3) is 0.261. The fourth-order valence-corrected chi connectivity index (χ4v) is 5.10. The van der Waals surface area contributed by atoms with Gasteiger partial charge in [0.05, 0.1) is 23.3 Å². The van der Waals surface area contributed by atoms with Crippen LogP contribution in [0.5, 0.6) is 0 Å². The van der Waals surface area contributed by atoms with E-state index in [0.29, 0.717) is 45.8 Å². The van der Waals surface area contributed by atoms with Gasteiger partial charge in [-0.2, -0.15) is 15.1 Å². The molecule has 4 aromatic rings. The summed E-state index contributed by atoms with van der Waals surface area (Å²) in [4.78, 5) is 37.0. The normalized spacial score (nSPS) is 19.2. The number of benzene rings is 1. The molecule has 172 valence electrons. The Morgan fingerprint density at radius 2 is 1.97 bits per heavy atom. The van der Waals surface area contributed by atoms with E-state index in [2.05, 4.69) is 22.2 Å². The quantitative estimate of drug-likeness (QED) is 0.461. The summed E-state index contributed by atoms with van der Waals surface area (Å²) in [5.74, 6) is 1.61. The van der Waals surface area contributed by atoms with Gasteiger partial charge in [-0.3, -0.25) is 14.2 Å². The van der Waals surface area contributed by atoms with Crippen LogP contribution in [0.1, 0.15) is 35.6 Å². The average Bonchev–Trinajstić information content (AvgIpc) is 3.36. The molecule has 1 aromatic carbocycles. The minimum Gasteiger partial charge on any atom is -0.368 e. The molecule has 6 rings (SSSR count). The van der Waals surface area contributed by atoms with Gasteiger partial charge in [-0.15, -0.1) is 0 Å². The zero-order valence-electron chi connectivity index (χ0n) is 18.3. The molecule has 5 heterocycles. The lowest BCUT2D eigenvalue weighted by atomic mass is 9.85. The molecule has 0 amide bonds. The van der Waals surface area contributed by atoms with E-state index in [9.17, 15) is 9.59 Å². The van der Waals surface area contributed by atoms with Gasteiger partial charge in [0, 0.05) is 18.7 Å². The topological polar surface area (TPSA) is 123 Å². The number of halogens is 1. The number of Topliss-reactive ketones (excluding diaryl/α,β-unsaturated/α-hetero) is 1. The molecule has 3 N–H and O–H groups in total. The lowest BCUT2D eigenvalue weighted by Gasteiger charge is -2.48. The second kappa shape index (κ2) is 7.56. The van der Waals surface area contributed by atoms with Crippen molar-refractivity contribution < 1.29 is 4.79 Å². The first-order chi connectivity index (χ1) is 16.5. The number of hydrogen-bond donors (Lipinski definition) is 2. The van der Waals surface area contributed by atoms with Crippen molar-refractivity contribution in [1.29, 1.82) is 0 Å². The standard InChI is InChI=1S/C23H21ClN8O2/c1-2-12-11-30(20-16-15(33)10-26-19(16)27-23(25)28-20)17(12)21-29-31-9-8-14(24)18(31)22(34)32(21)13-6-4-3-5-7-13/h3-9,12,17H,2,10-11H2,1H3,(H3,25,26,27,28)/t12-,17+/m1/s1. The first kappa shape index (κ1) is 20.7. The second-order valence-electron chi connectivity index (χ2n) is 8.46. The summed E-state index contributed by atoms with van der Waals surface area (Å²) in [5, 5.41) is 8.17. The summed E-state index contributed by atoms with van der Waals surface area (Å²) in [7, 11) is 0. The molecule has 1 fully saturated rings. The third-order valence-corrected chi connectivity index (χ3v) is 6.86. The molecule has 0 unspecified atom stereocenters. The first-order valence-corrected chi connectivity index (χ1v) is 11.4. The zero-order valence-corrected chi connectivity index (χ0v) is 19.0. The van der Waals surface area contributed by atoms with Gasteiger partial charge in [0.15, 0.2) is 11.6 Å². The molecule has 3 aromatic heterocycles. The molecule has 34 heavy (non-hydrogen) atoms. The van der Waals surface area contributed by atoms with Crippen molar-refractivity contribution in [2.75, 3.05) is 29.0 Å². The molecule has 0 bridgehead atoms. The van der Waals surface area contributed by atoms with Crippen molar-refractivity contribution in [3.63, 3.8) is 0 Å². The number of aromatic nitrogens is 5. The number of hydrogen-bond acceptors (Lipinski definition) is 8. The minimum absolute atomic E-state index is 0.0794. The number of carbonyl (C=O) groups is 1. The van der Waals surface area contributed by atoms with Crippen LogP contribution in [-0.4, -0.2) is 43.0 Å². The van der Waals surface area contributed by atoms with Crippen LogP contribution in [0, 0.1) is 5.92 Å². The SMILES string of the molecule is CC[C@@H]1CN(c2nc(N)nc3c2C(=O)CN3)[C@@H]1c1nn2ccc(Cl)c2c(=O)n1-c1ccccc1. The Morgan fingerprint density at radius 1 is 1.18 bits per heavy atom. The lowest BCUT2D eigenvalue weighted by Crippen LogP contribution is -2.53. The first-order valence-electron chi connectivity index (χ1n) is 11.0. The van der Waals surface area contributed by atoms with Crippen LogP contribution >= 0.6 is 11.6 Å². The third-order valence-electron chi connectivity index (χ3n) is 6.55. The van der Waals surface area contributed by atoms with Crippen LogP contribution < -0.4 is 21.5 Å². The van der Waals surface area contributed by atoms with Crippen LogP contribution in [0.2, 0.25) is 5.02 Å². The summed E-state index contributed by atoms with van der Waals surface area (Å²) in [6, 6.07) is 10.7. The second-order valence-corrected chi connectivity index (χ2v) is 8.87. The number of fused-ring (bicyclic) bond motifs is 2. The van der Waals surface area contributed by atoms with Crippen molar-refractivity contribution in [3.8, 4) is 5.69 Å². The number of nitrogens with zero attached hydrogens (tertiary/aromatic N) is 6. The van der Waals surface area contributed by atoms with E-state index in [1.54, 1.807) is 16.8 Å². The van der Waals surface area contributed by atoms with Crippen LogP contribution in [-0.2, 0) is 0 Å². The molecule has 2 aliphatic rings. The maximum absolute atomic E-state index is 13.7. The summed E-state index contributed by atoms with van der Waals surface area (Å²) < 4.78 is 3.12. The number of nitrogen functional groups attached to an aromatic ring is 1. The highest BCUT2D eigenvalue weighted by Gasteiger charge is 2.45. The van der Waals surface area contributed by atoms with Crippen molar-refractivity contribution >= 4 is 40.5 Å². The maximum Gasteiger partial charge on any atom is 0.284 e. The predicted octanol–water partition coefficient (Wildman–Crippen LogP) is 2.71. The molecule has 2 aliphatic heterocycles. The molecular formula is C23H21ClN8O2. The number of carbonyl (C=O) groups excluding carboxylic acids is 1. The number of rotatable bonds is 4. The van der Waals surface area contributed by atoms with Gasteiger partial charge in [0.2, 0.25) is 5.95 Å². The summed E-state index contributed by atoms with van der Waals surface area (Å²) in [6.07, 6.45) is 2.53. The number of ketones is 1. The number of nitrogens with one attached hydrogen (secondary N) is 1. The monoisotopic (exact) mass is 476 g/mol. The lowest BCUT2D eigenvalue weighted by molar-refractivity contribution is 0.101. The molecule has 10 nitrogen and oxygen atoms in total. The maximum atomic E-state index is 13.7. The Labute approximate surface area is 199 Å². The van der Waals surface area contributed by atoms with Crippen LogP contribution in [0.25, 0.3) is 11.2 Å². The molecule has 0 radical (unpaired) electrons. The Morgan fingerprint density at radius 3 is 2.74 bits per heavy atom. The van der Waals surface area contributed by atoms with E-state index in [0.717, 1.165) is 6.42 Å². The van der Waals surface area contributed by atoms with Gasteiger partial charge in [-0.1, -0.05) is 36.7 Å². The number of nitrogens with two attached hydrogens (primary N) is 1. The Balaban J connectivity index is 1.60. The van der Waals surface area contributed by atoms with Crippen molar-refractivity contribution in [1.82, 2.24) is 24.1 Å². The van der Waals surface area contributed by atoms with E-state index in [4.69, 9.17) is 22.4 Å². The van der Waals surface area contributed by atoms with E-state index in [-0.39, 0.29) is 35.8 Å². The largest absolute Gasteiger partial charge is 0.368 e. The molecule has 1 saturated heterocycles. The molecule has 0 aliphatic carbocycles. The highest BCUT2D eigenvalue weighted by Crippen LogP contribution is 2.45. The summed E-state index contributed by atoms with van der Waals surface area (Å²) in [6.45, 7) is 2.89.